The first-order valence-corrected chi connectivity index (χ1v) is 4.79. The van der Waals surface area contributed by atoms with Crippen LogP contribution in [0.4, 0.5) is 4.39 Å². The molecular weight excluding hydrogens is 251 g/mol. The minimum absolute atomic E-state index is 0.0570. The van der Waals surface area contributed by atoms with Gasteiger partial charge in [-0.2, -0.15) is 0 Å². The van der Waals surface area contributed by atoms with Gasteiger partial charge in [-0.3, -0.25) is 4.79 Å². The van der Waals surface area contributed by atoms with Crippen molar-refractivity contribution in [3.63, 3.8) is 0 Å². The fraction of sp³-hybridized carbons (Fsp3) is 0.222. The van der Waals surface area contributed by atoms with Crippen LogP contribution in [-0.4, -0.2) is 5.91 Å². The summed E-state index contributed by atoms with van der Waals surface area (Å²) in [4.78, 5) is 10.6. The van der Waals surface area contributed by atoms with Crippen LogP contribution < -0.4 is 11.5 Å². The predicted molar refractivity (Wildman–Crippen MR) is 54.8 cm³/mol. The second-order valence-corrected chi connectivity index (χ2v) is 3.86. The monoisotopic (exact) mass is 260 g/mol. The van der Waals surface area contributed by atoms with E-state index in [1.54, 1.807) is 6.07 Å². The Morgan fingerprint density at radius 2 is 2.21 bits per heavy atom. The quantitative estimate of drug-likeness (QED) is 0.864. The van der Waals surface area contributed by atoms with Crippen molar-refractivity contribution in [3.8, 4) is 0 Å². The molecule has 0 unspecified atom stereocenters. The number of hydrogen-bond acceptors (Lipinski definition) is 2. The maximum absolute atomic E-state index is 13.3. The summed E-state index contributed by atoms with van der Waals surface area (Å²) in [6, 6.07) is 3.82. The highest BCUT2D eigenvalue weighted by atomic mass is 79.9. The number of carbonyl (C=O) groups is 1. The van der Waals surface area contributed by atoms with E-state index in [1.165, 1.54) is 12.1 Å². The Morgan fingerprint density at radius 1 is 1.57 bits per heavy atom. The van der Waals surface area contributed by atoms with Crippen LogP contribution in [0.25, 0.3) is 0 Å². The molecule has 0 aliphatic carbocycles. The fourth-order valence-electron chi connectivity index (χ4n) is 1.13. The smallest absolute Gasteiger partial charge is 0.219 e. The number of benzene rings is 1. The van der Waals surface area contributed by atoms with Crippen LogP contribution in [0.15, 0.2) is 22.7 Å². The lowest BCUT2D eigenvalue weighted by molar-refractivity contribution is -0.118. The highest BCUT2D eigenvalue weighted by Crippen LogP contribution is 2.21. The van der Waals surface area contributed by atoms with E-state index in [1.807, 2.05) is 0 Å². The van der Waals surface area contributed by atoms with Gasteiger partial charge in [0.15, 0.2) is 0 Å². The number of halogens is 2. The lowest BCUT2D eigenvalue weighted by atomic mass is 10.0. The van der Waals surface area contributed by atoms with E-state index in [0.29, 0.717) is 10.0 Å². The summed E-state index contributed by atoms with van der Waals surface area (Å²) in [7, 11) is 0. The molecule has 3 nitrogen and oxygen atoms in total. The van der Waals surface area contributed by atoms with Gasteiger partial charge in [0.1, 0.15) is 5.82 Å². The van der Waals surface area contributed by atoms with Crippen LogP contribution in [0.5, 0.6) is 0 Å². The molecule has 14 heavy (non-hydrogen) atoms. The molecule has 1 atom stereocenters. The molecule has 0 radical (unpaired) electrons. The summed E-state index contributed by atoms with van der Waals surface area (Å²) in [6.45, 7) is 0. The van der Waals surface area contributed by atoms with Gasteiger partial charge in [0.05, 0.1) is 0 Å². The van der Waals surface area contributed by atoms with E-state index in [-0.39, 0.29) is 6.42 Å². The zero-order valence-electron chi connectivity index (χ0n) is 7.34. The number of carbonyl (C=O) groups excluding carboxylic acids is 1. The van der Waals surface area contributed by atoms with E-state index in [0.717, 1.165) is 0 Å². The van der Waals surface area contributed by atoms with Crippen molar-refractivity contribution in [2.24, 2.45) is 11.5 Å². The third-order valence-electron chi connectivity index (χ3n) is 1.78. The zero-order chi connectivity index (χ0) is 10.7. The van der Waals surface area contributed by atoms with Crippen molar-refractivity contribution in [1.29, 1.82) is 0 Å². The Balaban J connectivity index is 2.90. The third-order valence-corrected chi connectivity index (χ3v) is 2.28. The molecular formula is C9H10BrFN2O. The van der Waals surface area contributed by atoms with Crippen LogP contribution in [0.1, 0.15) is 18.0 Å². The van der Waals surface area contributed by atoms with Crippen molar-refractivity contribution in [1.82, 2.24) is 0 Å². The normalized spacial score (nSPS) is 12.5. The molecule has 4 N–H and O–H groups in total. The Kier molecular flexibility index (Phi) is 3.60. The number of primary amides is 1. The minimum atomic E-state index is -0.680. The zero-order valence-corrected chi connectivity index (χ0v) is 8.92. The average Bonchev–Trinajstić information content (AvgIpc) is 2.01. The molecule has 0 saturated carbocycles. The molecule has 0 aliphatic heterocycles. The summed E-state index contributed by atoms with van der Waals surface area (Å²) >= 11 is 3.12. The average molecular weight is 261 g/mol. The van der Waals surface area contributed by atoms with Crippen molar-refractivity contribution in [2.45, 2.75) is 12.5 Å². The minimum Gasteiger partial charge on any atom is -0.370 e. The van der Waals surface area contributed by atoms with Crippen molar-refractivity contribution >= 4 is 21.8 Å². The Bertz CT molecular complexity index is 357. The molecule has 1 amide bonds. The van der Waals surface area contributed by atoms with E-state index < -0.39 is 17.8 Å². The number of amides is 1. The van der Waals surface area contributed by atoms with E-state index in [2.05, 4.69) is 15.9 Å². The first-order valence-electron chi connectivity index (χ1n) is 3.99. The Morgan fingerprint density at radius 3 is 2.71 bits per heavy atom. The van der Waals surface area contributed by atoms with Gasteiger partial charge in [0, 0.05) is 22.5 Å². The number of hydrogen-bond donors (Lipinski definition) is 2. The van der Waals surface area contributed by atoms with E-state index >= 15 is 0 Å². The van der Waals surface area contributed by atoms with Gasteiger partial charge in [-0.15, -0.1) is 0 Å². The topological polar surface area (TPSA) is 69.1 Å². The summed E-state index contributed by atoms with van der Waals surface area (Å²) in [5, 5.41) is 0. The standard InChI is InChI=1S/C9H10BrFN2O/c10-5-1-2-6(7(11)3-5)8(12)4-9(13)14/h1-3,8H,4,12H2,(H2,13,14)/t8-/m0/s1. The maximum Gasteiger partial charge on any atom is 0.219 e. The first-order chi connectivity index (χ1) is 6.50. The van der Waals surface area contributed by atoms with Crippen molar-refractivity contribution < 1.29 is 9.18 Å². The van der Waals surface area contributed by atoms with Crippen LogP contribution in [0.3, 0.4) is 0 Å². The Labute approximate surface area is 89.4 Å². The molecule has 0 bridgehead atoms. The summed E-state index contributed by atoms with van der Waals surface area (Å²) in [5.41, 5.74) is 10.8. The van der Waals surface area contributed by atoms with Crippen molar-refractivity contribution in [3.05, 3.63) is 34.1 Å². The van der Waals surface area contributed by atoms with Gasteiger partial charge < -0.3 is 11.5 Å². The van der Waals surface area contributed by atoms with Gasteiger partial charge in [-0.25, -0.2) is 4.39 Å². The van der Waals surface area contributed by atoms with Crippen LogP contribution >= 0.6 is 15.9 Å². The fourth-order valence-corrected chi connectivity index (χ4v) is 1.46. The van der Waals surface area contributed by atoms with Gasteiger partial charge in [-0.05, 0) is 12.1 Å². The van der Waals surface area contributed by atoms with E-state index in [9.17, 15) is 9.18 Å². The summed E-state index contributed by atoms with van der Waals surface area (Å²) in [6.07, 6.45) is -0.0570. The molecule has 0 fully saturated rings. The molecule has 0 aliphatic rings. The van der Waals surface area contributed by atoms with Crippen LogP contribution in [0, 0.1) is 5.82 Å². The molecule has 0 aromatic heterocycles. The highest BCUT2D eigenvalue weighted by molar-refractivity contribution is 9.10. The lowest BCUT2D eigenvalue weighted by Crippen LogP contribution is -2.21. The van der Waals surface area contributed by atoms with E-state index in [4.69, 9.17) is 11.5 Å². The van der Waals surface area contributed by atoms with Gasteiger partial charge >= 0.3 is 0 Å². The SMILES string of the molecule is NC(=O)C[C@H](N)c1ccc(Br)cc1F. The summed E-state index contributed by atoms with van der Waals surface area (Å²) in [5.74, 6) is -0.979. The van der Waals surface area contributed by atoms with Crippen molar-refractivity contribution in [2.75, 3.05) is 0 Å². The lowest BCUT2D eigenvalue weighted by Gasteiger charge is -2.10. The largest absolute Gasteiger partial charge is 0.370 e. The molecule has 76 valence electrons. The molecule has 0 spiro atoms. The van der Waals surface area contributed by atoms with Crippen LogP contribution in [0.2, 0.25) is 0 Å². The second-order valence-electron chi connectivity index (χ2n) is 2.94. The van der Waals surface area contributed by atoms with Gasteiger partial charge in [-0.1, -0.05) is 22.0 Å². The van der Waals surface area contributed by atoms with Crippen LogP contribution in [-0.2, 0) is 4.79 Å². The number of nitrogens with two attached hydrogens (primary N) is 2. The van der Waals surface area contributed by atoms with Gasteiger partial charge in [0.2, 0.25) is 5.91 Å². The molecule has 0 saturated heterocycles. The molecule has 1 aromatic rings. The first kappa shape index (κ1) is 11.1. The molecule has 0 heterocycles. The molecule has 5 heteroatoms. The maximum atomic E-state index is 13.3. The Hall–Kier alpha value is -0.940. The third kappa shape index (κ3) is 2.78. The highest BCUT2D eigenvalue weighted by Gasteiger charge is 2.13. The second kappa shape index (κ2) is 4.52. The predicted octanol–water partition coefficient (Wildman–Crippen LogP) is 1.46. The number of rotatable bonds is 3. The molecule has 1 rings (SSSR count). The molecule has 1 aromatic carbocycles. The summed E-state index contributed by atoms with van der Waals surface area (Å²) < 4.78 is 13.9. The van der Waals surface area contributed by atoms with Gasteiger partial charge in [0.25, 0.3) is 0 Å².